The molecule has 1 aliphatic carbocycles. The highest BCUT2D eigenvalue weighted by molar-refractivity contribution is 6.65. The Labute approximate surface area is 494 Å². The Morgan fingerprint density at radius 2 is 0.790 bits per heavy atom. The van der Waals surface area contributed by atoms with Gasteiger partial charge in [0.2, 0.25) is 0 Å². The van der Waals surface area contributed by atoms with E-state index in [1.807, 2.05) is 35.9 Å². The zero-order valence-electron chi connectivity index (χ0n) is 50.7. The lowest BCUT2D eigenvalue weighted by atomic mass is 9.64. The monoisotopic (exact) mass is 1070 g/mol. The van der Waals surface area contributed by atoms with Crippen LogP contribution in [-0.4, -0.2) is 83.0 Å². The largest absolute Gasteiger partial charge is 0.509 e. The van der Waals surface area contributed by atoms with Crippen molar-refractivity contribution < 1.29 is 10.2 Å². The van der Waals surface area contributed by atoms with E-state index in [0.717, 1.165) is 113 Å². The molecular weight excluding hydrogens is 999 g/mol. The van der Waals surface area contributed by atoms with Crippen LogP contribution < -0.4 is 43.7 Å². The lowest BCUT2D eigenvalue weighted by molar-refractivity contribution is 0.352. The van der Waals surface area contributed by atoms with Crippen molar-refractivity contribution >= 4 is 118 Å². The fourth-order valence-corrected chi connectivity index (χ4v) is 13.4. The molecule has 3 atom stereocenters. The van der Waals surface area contributed by atoms with Gasteiger partial charge in [-0.15, -0.1) is 5.46 Å². The van der Waals surface area contributed by atoms with Crippen molar-refractivity contribution in [1.82, 2.24) is 9.97 Å². The summed E-state index contributed by atoms with van der Waals surface area (Å²) in [7, 11) is 16.5. The Hall–Kier alpha value is -6.75. The zero-order chi connectivity index (χ0) is 58.1. The number of nitrogens with zero attached hydrogens (tertiary/aromatic N) is 2. The number of aromatic hydroxyl groups is 2. The molecule has 0 spiro atoms. The Kier molecular flexibility index (Phi) is 15.8. The molecule has 398 valence electrons. The van der Waals surface area contributed by atoms with Gasteiger partial charge in [0, 0.05) is 45.2 Å². The van der Waals surface area contributed by atoms with Crippen LogP contribution in [0.15, 0.2) is 134 Å². The summed E-state index contributed by atoms with van der Waals surface area (Å²) in [6, 6.07) is 45.5. The molecule has 81 heavy (non-hydrogen) atoms. The van der Waals surface area contributed by atoms with Crippen LogP contribution in [0.25, 0.3) is 67.0 Å². The summed E-state index contributed by atoms with van der Waals surface area (Å²) >= 11 is 7.20. The molecule has 0 radical (unpaired) electrons. The lowest BCUT2D eigenvalue weighted by Gasteiger charge is -2.38. The van der Waals surface area contributed by atoms with E-state index in [1.54, 1.807) is 0 Å². The highest BCUT2D eigenvalue weighted by atomic mass is 35.5. The van der Waals surface area contributed by atoms with Crippen molar-refractivity contribution in [3.8, 4) is 78.5 Å². The van der Waals surface area contributed by atoms with E-state index in [1.165, 1.54) is 61.0 Å². The molecule has 1 aliphatic rings. The van der Waals surface area contributed by atoms with Crippen LogP contribution in [0.5, 0.6) is 11.5 Å². The fourth-order valence-electron chi connectivity index (χ4n) is 13.1. The van der Waals surface area contributed by atoms with Crippen molar-refractivity contribution in [3.63, 3.8) is 0 Å². The first-order chi connectivity index (χ1) is 38.3. The average Bonchev–Trinajstić information content (AvgIpc) is 3.48. The molecule has 3 unspecified atom stereocenters. The molecule has 2 N–H and O–H groups in total. The highest BCUT2D eigenvalue weighted by Crippen LogP contribution is 2.53. The number of benzene rings is 7. The van der Waals surface area contributed by atoms with E-state index in [0.29, 0.717) is 11.5 Å². The molecule has 10 rings (SSSR count). The third-order valence-electron chi connectivity index (χ3n) is 18.8. The molecule has 9 aromatic rings. The summed E-state index contributed by atoms with van der Waals surface area (Å²) in [5.41, 5.74) is 30.0. The van der Waals surface area contributed by atoms with Gasteiger partial charge in [-0.25, -0.2) is 0 Å². The minimum absolute atomic E-state index is 0.0460. The third-order valence-corrected chi connectivity index (χ3v) is 19.1. The van der Waals surface area contributed by atoms with Crippen LogP contribution in [0.3, 0.4) is 0 Å². The van der Waals surface area contributed by atoms with Gasteiger partial charge >= 0.3 is 0 Å². The second-order valence-electron chi connectivity index (χ2n) is 25.8. The number of aryl methyl sites for hydroxylation is 2. The van der Waals surface area contributed by atoms with Crippen molar-refractivity contribution in [2.24, 2.45) is 0 Å². The smallest absolute Gasteiger partial charge is 0.144 e. The zero-order valence-corrected chi connectivity index (χ0v) is 51.5. The molecule has 1 saturated carbocycles. The third kappa shape index (κ3) is 11.0. The Morgan fingerprint density at radius 1 is 0.407 bits per heavy atom. The number of phenolic OH excluding ortho intramolecular Hbond substituents is 2. The predicted molar refractivity (Wildman–Crippen MR) is 370 cm³/mol. The molecule has 13 heteroatoms. The standard InChI is InChI=1S/C68H73B8ClN2O2/c1-34-25-53(78-32-50(34)55-57(69)61(73)64(76)66(81)59(55)71)38-17-13-36(14-18-38)48-30-43(67(3,4)5)21-23-45(48)40-27-41(29-42(28-40)47-11-9-10-12-52(47)77)46-24-22-44(68(6,7)8)31-49(46)37-15-19-39(20-16-37)54-26-35(2)51(33-79-54)56-58(70)60(72)62(74)63(75)65(56)80/h9-26,30-33,40-42,80-81H,27-29,69-76H2,1-8H3. The number of hydrogen-bond donors (Lipinski definition) is 2. The van der Waals surface area contributed by atoms with E-state index in [2.05, 4.69) is 216 Å². The van der Waals surface area contributed by atoms with Crippen molar-refractivity contribution in [3.05, 3.63) is 178 Å². The molecule has 0 amide bonds. The van der Waals surface area contributed by atoms with Gasteiger partial charge < -0.3 is 10.2 Å². The van der Waals surface area contributed by atoms with Crippen LogP contribution in [0.4, 0.5) is 0 Å². The molecular formula is C68H73B8ClN2O2. The molecule has 2 heterocycles. The summed E-state index contributed by atoms with van der Waals surface area (Å²) in [5, 5.41) is 23.3. The molecule has 1 fully saturated rings. The minimum Gasteiger partial charge on any atom is -0.509 e. The Balaban J connectivity index is 1.03. The van der Waals surface area contributed by atoms with Gasteiger partial charge in [-0.3, -0.25) is 9.97 Å². The van der Waals surface area contributed by atoms with Gasteiger partial charge in [-0.2, -0.15) is 0 Å². The number of aromatic nitrogens is 2. The summed E-state index contributed by atoms with van der Waals surface area (Å²) < 4.78 is 0. The summed E-state index contributed by atoms with van der Waals surface area (Å²) in [5.74, 6) is 1.43. The van der Waals surface area contributed by atoms with Gasteiger partial charge in [0.25, 0.3) is 0 Å². The van der Waals surface area contributed by atoms with Crippen molar-refractivity contribution in [2.45, 2.75) is 103 Å². The predicted octanol–water partition coefficient (Wildman–Crippen LogP) is 4.66. The van der Waals surface area contributed by atoms with Gasteiger partial charge in [-0.05, 0) is 152 Å². The Bertz CT molecular complexity index is 3650. The summed E-state index contributed by atoms with van der Waals surface area (Å²) in [4.78, 5) is 10.1. The fraction of sp³-hybridized carbons (Fsp3) is 0.235. The second kappa shape index (κ2) is 22.2. The number of rotatable bonds is 9. The number of phenols is 2. The van der Waals surface area contributed by atoms with Crippen LogP contribution in [0.2, 0.25) is 5.02 Å². The molecule has 0 aliphatic heterocycles. The van der Waals surface area contributed by atoms with E-state index < -0.39 is 0 Å². The molecule has 0 bridgehead atoms. The number of hydrogen-bond acceptors (Lipinski definition) is 4. The maximum Gasteiger partial charge on any atom is 0.144 e. The van der Waals surface area contributed by atoms with Gasteiger partial charge in [-0.1, -0.05) is 189 Å². The van der Waals surface area contributed by atoms with Gasteiger partial charge in [0.1, 0.15) is 74.3 Å². The van der Waals surface area contributed by atoms with E-state index in [4.69, 9.17) is 21.6 Å². The first-order valence-electron chi connectivity index (χ1n) is 29.1. The topological polar surface area (TPSA) is 66.2 Å². The molecule has 2 aromatic heterocycles. The molecule has 0 saturated heterocycles. The molecule has 4 nitrogen and oxygen atoms in total. The van der Waals surface area contributed by atoms with Crippen molar-refractivity contribution in [1.29, 1.82) is 0 Å². The van der Waals surface area contributed by atoms with Crippen molar-refractivity contribution in [2.75, 3.05) is 0 Å². The second-order valence-corrected chi connectivity index (χ2v) is 26.2. The number of pyridine rings is 2. The molecule has 7 aromatic carbocycles. The Morgan fingerprint density at radius 3 is 1.23 bits per heavy atom. The van der Waals surface area contributed by atoms with Crippen LogP contribution in [0, 0.1) is 13.8 Å². The first-order valence-corrected chi connectivity index (χ1v) is 29.5. The average molecular weight is 1070 g/mol. The van der Waals surface area contributed by atoms with Crippen LogP contribution in [0.1, 0.15) is 118 Å². The normalized spacial score (nSPS) is 15.7. The van der Waals surface area contributed by atoms with Gasteiger partial charge in [0.15, 0.2) is 0 Å². The summed E-state index contributed by atoms with van der Waals surface area (Å²) in [6.07, 6.45) is 6.90. The van der Waals surface area contributed by atoms with E-state index in [-0.39, 0.29) is 28.6 Å². The maximum atomic E-state index is 11.4. The number of halogens is 1. The van der Waals surface area contributed by atoms with E-state index in [9.17, 15) is 10.2 Å². The maximum absolute atomic E-state index is 11.4. The van der Waals surface area contributed by atoms with Crippen LogP contribution >= 0.6 is 11.6 Å². The van der Waals surface area contributed by atoms with Crippen LogP contribution in [-0.2, 0) is 10.8 Å². The van der Waals surface area contributed by atoms with E-state index >= 15 is 0 Å². The quantitative estimate of drug-likeness (QED) is 0.207. The SMILES string of the molecule is Bc1c(B)c(B)c(-c2cnc(-c3ccc(-c4cc(C(C)(C)C)ccc4C4CC(c5ccccc5Cl)CC(c5ccc(C(C)(C)C)cc5-c5ccc(-c6cc(C)c(-c7c(B)c(B)c(B)c(O)c7B)cn6)cc5)C4)cc3)cc2C)c(O)c1B. The lowest BCUT2D eigenvalue weighted by Crippen LogP contribution is -2.48. The first kappa shape index (κ1) is 57.5. The van der Waals surface area contributed by atoms with Gasteiger partial charge in [0.05, 0.1) is 11.4 Å². The minimum atomic E-state index is -0.0473. The highest BCUT2D eigenvalue weighted by Gasteiger charge is 2.36. The summed E-state index contributed by atoms with van der Waals surface area (Å²) in [6.45, 7) is 18.1.